The fourth-order valence-electron chi connectivity index (χ4n) is 1.87. The number of aromatic nitrogens is 2. The second-order valence-electron chi connectivity index (χ2n) is 4.66. The van der Waals surface area contributed by atoms with Crippen LogP contribution in [0, 0.1) is 0 Å². The molecule has 2 amide bonds. The lowest BCUT2D eigenvalue weighted by molar-refractivity contribution is -0.146. The molecule has 1 aliphatic heterocycles. The lowest BCUT2D eigenvalue weighted by atomic mass is 10.0. The number of imide groups is 1. The van der Waals surface area contributed by atoms with E-state index in [2.05, 4.69) is 15.3 Å². The number of likely N-dealkylation sites (tertiary alicyclic amines) is 1. The van der Waals surface area contributed by atoms with Crippen molar-refractivity contribution in [2.75, 3.05) is 31.4 Å². The van der Waals surface area contributed by atoms with Gasteiger partial charge in [0.05, 0.1) is 0 Å². The topological polar surface area (TPSA) is 78.4 Å². The average molecular weight is 263 g/mol. The maximum Gasteiger partial charge on any atom is 0.251 e. The molecule has 7 heteroatoms. The second-order valence-corrected chi connectivity index (χ2v) is 4.66. The molecule has 1 aliphatic rings. The molecule has 0 aliphatic carbocycles. The smallest absolute Gasteiger partial charge is 0.251 e. The first kappa shape index (κ1) is 13.3. The third kappa shape index (κ3) is 2.81. The molecule has 2 heterocycles. The number of nitrogens with one attached hydrogen (secondary N) is 1. The third-order valence-electron chi connectivity index (χ3n) is 3.01. The SMILES string of the molecule is CN1C(=O)CCC(Nc2ccnc(N(C)C)n2)C1=O. The van der Waals surface area contributed by atoms with Crippen LogP contribution in [-0.4, -0.2) is 53.9 Å². The van der Waals surface area contributed by atoms with Crippen molar-refractivity contribution >= 4 is 23.6 Å². The predicted octanol–water partition coefficient (Wildman–Crippen LogP) is 0.102. The molecule has 0 radical (unpaired) electrons. The van der Waals surface area contributed by atoms with E-state index in [0.29, 0.717) is 24.6 Å². The van der Waals surface area contributed by atoms with E-state index in [1.165, 1.54) is 7.05 Å². The Kier molecular flexibility index (Phi) is 3.64. The van der Waals surface area contributed by atoms with Crippen molar-refractivity contribution in [1.29, 1.82) is 0 Å². The minimum Gasteiger partial charge on any atom is -0.358 e. The van der Waals surface area contributed by atoms with Gasteiger partial charge in [-0.25, -0.2) is 4.98 Å². The molecular formula is C12H17N5O2. The van der Waals surface area contributed by atoms with Crippen LogP contribution >= 0.6 is 0 Å². The van der Waals surface area contributed by atoms with Crippen molar-refractivity contribution in [3.8, 4) is 0 Å². The number of hydrogen-bond donors (Lipinski definition) is 1. The minimum absolute atomic E-state index is 0.139. The number of carbonyl (C=O) groups excluding carboxylic acids is 2. The molecular weight excluding hydrogens is 246 g/mol. The largest absolute Gasteiger partial charge is 0.358 e. The van der Waals surface area contributed by atoms with Crippen molar-refractivity contribution in [3.05, 3.63) is 12.3 Å². The molecule has 102 valence electrons. The van der Waals surface area contributed by atoms with E-state index in [1.54, 1.807) is 17.2 Å². The first-order valence-electron chi connectivity index (χ1n) is 6.06. The van der Waals surface area contributed by atoms with Crippen LogP contribution < -0.4 is 10.2 Å². The predicted molar refractivity (Wildman–Crippen MR) is 70.8 cm³/mol. The number of nitrogens with zero attached hydrogens (tertiary/aromatic N) is 4. The van der Waals surface area contributed by atoms with Gasteiger partial charge in [-0.15, -0.1) is 0 Å². The summed E-state index contributed by atoms with van der Waals surface area (Å²) in [6.45, 7) is 0. The van der Waals surface area contributed by atoms with Crippen LogP contribution in [0.25, 0.3) is 0 Å². The monoisotopic (exact) mass is 263 g/mol. The second kappa shape index (κ2) is 5.21. The van der Waals surface area contributed by atoms with Gasteiger partial charge in [-0.2, -0.15) is 4.98 Å². The highest BCUT2D eigenvalue weighted by Crippen LogP contribution is 2.16. The number of amides is 2. The molecule has 2 rings (SSSR count). The molecule has 1 aromatic heterocycles. The van der Waals surface area contributed by atoms with Crippen LogP contribution in [0.4, 0.5) is 11.8 Å². The summed E-state index contributed by atoms with van der Waals surface area (Å²) >= 11 is 0. The minimum atomic E-state index is -0.410. The first-order chi connectivity index (χ1) is 8.99. The van der Waals surface area contributed by atoms with Crippen LogP contribution in [0.15, 0.2) is 12.3 Å². The molecule has 1 saturated heterocycles. The van der Waals surface area contributed by atoms with E-state index in [0.717, 1.165) is 4.90 Å². The maximum atomic E-state index is 11.9. The van der Waals surface area contributed by atoms with Crippen molar-refractivity contribution in [3.63, 3.8) is 0 Å². The molecule has 0 saturated carbocycles. The summed E-state index contributed by atoms with van der Waals surface area (Å²) in [6, 6.07) is 1.30. The van der Waals surface area contributed by atoms with Crippen molar-refractivity contribution in [2.45, 2.75) is 18.9 Å². The molecule has 1 N–H and O–H groups in total. The number of anilines is 2. The maximum absolute atomic E-state index is 11.9. The standard InChI is InChI=1S/C12H17N5O2/c1-16(2)12-13-7-6-9(15-12)14-8-4-5-10(18)17(3)11(8)19/h6-8H,4-5H2,1-3H3,(H,13,14,15). The zero-order chi connectivity index (χ0) is 14.0. The number of hydrogen-bond acceptors (Lipinski definition) is 6. The number of rotatable bonds is 3. The van der Waals surface area contributed by atoms with E-state index in [4.69, 9.17) is 0 Å². The van der Waals surface area contributed by atoms with E-state index in [-0.39, 0.29) is 11.8 Å². The summed E-state index contributed by atoms with van der Waals surface area (Å²) in [5.41, 5.74) is 0. The Morgan fingerprint density at radius 3 is 2.84 bits per heavy atom. The van der Waals surface area contributed by atoms with E-state index >= 15 is 0 Å². The number of carbonyl (C=O) groups is 2. The van der Waals surface area contributed by atoms with Gasteiger partial charge in [0.25, 0.3) is 5.91 Å². The molecule has 0 bridgehead atoms. The molecule has 1 unspecified atom stereocenters. The highest BCUT2D eigenvalue weighted by Gasteiger charge is 2.31. The van der Waals surface area contributed by atoms with Crippen molar-refractivity contribution in [1.82, 2.24) is 14.9 Å². The van der Waals surface area contributed by atoms with E-state index in [1.807, 2.05) is 14.1 Å². The third-order valence-corrected chi connectivity index (χ3v) is 3.01. The van der Waals surface area contributed by atoms with Gasteiger partial charge < -0.3 is 10.2 Å². The Morgan fingerprint density at radius 1 is 1.42 bits per heavy atom. The average Bonchev–Trinajstić information content (AvgIpc) is 2.40. The van der Waals surface area contributed by atoms with Gasteiger partial charge in [-0.1, -0.05) is 0 Å². The van der Waals surface area contributed by atoms with Crippen molar-refractivity contribution < 1.29 is 9.59 Å². The van der Waals surface area contributed by atoms with Gasteiger partial charge in [0, 0.05) is 33.8 Å². The fraction of sp³-hybridized carbons (Fsp3) is 0.500. The van der Waals surface area contributed by atoms with Crippen LogP contribution in [0.2, 0.25) is 0 Å². The molecule has 7 nitrogen and oxygen atoms in total. The lowest BCUT2D eigenvalue weighted by Crippen LogP contribution is -2.48. The van der Waals surface area contributed by atoms with Crippen molar-refractivity contribution in [2.24, 2.45) is 0 Å². The molecule has 0 spiro atoms. The normalized spacial score (nSPS) is 19.5. The number of piperidine rings is 1. The summed E-state index contributed by atoms with van der Waals surface area (Å²) in [5, 5.41) is 3.06. The Bertz CT molecular complexity index is 503. The Hall–Kier alpha value is -2.18. The zero-order valence-corrected chi connectivity index (χ0v) is 11.3. The van der Waals surface area contributed by atoms with E-state index in [9.17, 15) is 9.59 Å². The van der Waals surface area contributed by atoms with Gasteiger partial charge in [0.15, 0.2) is 0 Å². The van der Waals surface area contributed by atoms with Gasteiger partial charge >= 0.3 is 0 Å². The van der Waals surface area contributed by atoms with Crippen LogP contribution in [0.1, 0.15) is 12.8 Å². The van der Waals surface area contributed by atoms with E-state index < -0.39 is 6.04 Å². The summed E-state index contributed by atoms with van der Waals surface area (Å²) in [5.74, 6) is 0.790. The summed E-state index contributed by atoms with van der Waals surface area (Å²) in [6.07, 6.45) is 2.49. The fourth-order valence-corrected chi connectivity index (χ4v) is 1.87. The lowest BCUT2D eigenvalue weighted by Gasteiger charge is -2.28. The Balaban J connectivity index is 2.11. The molecule has 1 fully saturated rings. The van der Waals surface area contributed by atoms with Gasteiger partial charge in [-0.3, -0.25) is 14.5 Å². The summed E-state index contributed by atoms with van der Waals surface area (Å²) in [7, 11) is 5.19. The van der Waals surface area contributed by atoms with Gasteiger partial charge in [0.2, 0.25) is 11.9 Å². The summed E-state index contributed by atoms with van der Waals surface area (Å²) in [4.78, 5) is 34.7. The number of likely N-dealkylation sites (N-methyl/N-ethyl adjacent to an activating group) is 1. The Labute approximate surface area is 111 Å². The quantitative estimate of drug-likeness (QED) is 0.779. The van der Waals surface area contributed by atoms with Gasteiger partial charge in [0.1, 0.15) is 11.9 Å². The van der Waals surface area contributed by atoms with Gasteiger partial charge in [-0.05, 0) is 12.5 Å². The van der Waals surface area contributed by atoms with Crippen LogP contribution in [-0.2, 0) is 9.59 Å². The zero-order valence-electron chi connectivity index (χ0n) is 11.3. The van der Waals surface area contributed by atoms with Crippen LogP contribution in [0.5, 0.6) is 0 Å². The molecule has 19 heavy (non-hydrogen) atoms. The first-order valence-corrected chi connectivity index (χ1v) is 6.06. The van der Waals surface area contributed by atoms with Crippen LogP contribution in [0.3, 0.4) is 0 Å². The highest BCUT2D eigenvalue weighted by molar-refractivity contribution is 6.01. The molecule has 1 atom stereocenters. The highest BCUT2D eigenvalue weighted by atomic mass is 16.2. The Morgan fingerprint density at radius 2 is 2.16 bits per heavy atom. The molecule has 1 aromatic rings. The molecule has 0 aromatic carbocycles. The summed E-state index contributed by atoms with van der Waals surface area (Å²) < 4.78 is 0.